The Bertz CT molecular complexity index is 412. The largest absolute Gasteiger partial charge is 0.384 e. The Kier molecular flexibility index (Phi) is 3.88. The summed E-state index contributed by atoms with van der Waals surface area (Å²) in [5.41, 5.74) is 1.12. The molecule has 0 unspecified atom stereocenters. The number of benzene rings is 1. The Morgan fingerprint density at radius 1 is 1.28 bits per heavy atom. The highest BCUT2D eigenvalue weighted by molar-refractivity contribution is 5.71. The van der Waals surface area contributed by atoms with Gasteiger partial charge in [-0.25, -0.2) is 0 Å². The summed E-state index contributed by atoms with van der Waals surface area (Å²) in [4.78, 5) is 2.13. The Morgan fingerprint density at radius 3 is 2.56 bits per heavy atom. The third-order valence-corrected chi connectivity index (χ3v) is 4.10. The number of nitrogens with zero attached hydrogens (tertiary/aromatic N) is 1. The molecule has 2 atom stereocenters. The van der Waals surface area contributed by atoms with E-state index in [4.69, 9.17) is 0 Å². The minimum Gasteiger partial charge on any atom is -0.384 e. The lowest BCUT2D eigenvalue weighted by Gasteiger charge is -2.44. The fraction of sp³-hybridized carbons (Fsp3) is 0.500. The molecule has 0 spiro atoms. The second-order valence-corrected chi connectivity index (χ2v) is 5.49. The van der Waals surface area contributed by atoms with Crippen molar-refractivity contribution in [1.29, 1.82) is 0 Å². The number of likely N-dealkylation sites (N-methyl/N-ethyl adjacent to an activating group) is 1. The summed E-state index contributed by atoms with van der Waals surface area (Å²) in [7, 11) is 4.08. The highest BCUT2D eigenvalue weighted by Gasteiger charge is 2.42. The van der Waals surface area contributed by atoms with Crippen LogP contribution in [0.1, 0.15) is 31.2 Å². The standard InChI is InChI=1S/C16H23NO/c1-13(14-9-5-4-6-10-14)16(18)12-8-7-11-15(16)17(2)3/h4-6,9-10,15,18H,1,7-8,11-12H2,2-3H3/t15-,16+/m1/s1. The van der Waals surface area contributed by atoms with Gasteiger partial charge >= 0.3 is 0 Å². The van der Waals surface area contributed by atoms with Crippen molar-refractivity contribution < 1.29 is 5.11 Å². The highest BCUT2D eigenvalue weighted by atomic mass is 16.3. The van der Waals surface area contributed by atoms with E-state index in [9.17, 15) is 5.11 Å². The van der Waals surface area contributed by atoms with Gasteiger partial charge in [-0.2, -0.15) is 0 Å². The molecule has 2 rings (SSSR count). The summed E-state index contributed by atoms with van der Waals surface area (Å²) >= 11 is 0. The Morgan fingerprint density at radius 2 is 1.94 bits per heavy atom. The van der Waals surface area contributed by atoms with E-state index in [1.165, 1.54) is 6.42 Å². The lowest BCUT2D eigenvalue weighted by molar-refractivity contribution is -0.0128. The molecular weight excluding hydrogens is 222 g/mol. The van der Waals surface area contributed by atoms with Gasteiger partial charge in [0.1, 0.15) is 5.60 Å². The van der Waals surface area contributed by atoms with Gasteiger partial charge in [0.2, 0.25) is 0 Å². The number of hydrogen-bond acceptors (Lipinski definition) is 2. The zero-order valence-electron chi connectivity index (χ0n) is 11.4. The van der Waals surface area contributed by atoms with E-state index < -0.39 is 5.60 Å². The fourth-order valence-corrected chi connectivity index (χ4v) is 3.06. The summed E-state index contributed by atoms with van der Waals surface area (Å²) in [5, 5.41) is 11.1. The molecule has 2 heteroatoms. The monoisotopic (exact) mass is 245 g/mol. The van der Waals surface area contributed by atoms with E-state index >= 15 is 0 Å². The maximum Gasteiger partial charge on any atom is 0.105 e. The van der Waals surface area contributed by atoms with Gasteiger partial charge in [0, 0.05) is 6.04 Å². The molecule has 0 amide bonds. The van der Waals surface area contributed by atoms with E-state index in [-0.39, 0.29) is 6.04 Å². The van der Waals surface area contributed by atoms with E-state index in [0.29, 0.717) is 0 Å². The Hall–Kier alpha value is -1.12. The second-order valence-electron chi connectivity index (χ2n) is 5.49. The maximum absolute atomic E-state index is 11.1. The molecule has 1 aromatic carbocycles. The minimum atomic E-state index is -0.789. The molecule has 0 aliphatic heterocycles. The van der Waals surface area contributed by atoms with Crippen LogP contribution in [-0.4, -0.2) is 35.7 Å². The first-order valence-corrected chi connectivity index (χ1v) is 6.69. The highest BCUT2D eigenvalue weighted by Crippen LogP contribution is 2.40. The third-order valence-electron chi connectivity index (χ3n) is 4.10. The van der Waals surface area contributed by atoms with Crippen LogP contribution in [0, 0.1) is 0 Å². The van der Waals surface area contributed by atoms with Crippen molar-refractivity contribution in [3.63, 3.8) is 0 Å². The van der Waals surface area contributed by atoms with Crippen molar-refractivity contribution in [2.45, 2.75) is 37.3 Å². The average Bonchev–Trinajstić information content (AvgIpc) is 2.39. The molecule has 1 aliphatic carbocycles. The Balaban J connectivity index is 2.31. The van der Waals surface area contributed by atoms with Gasteiger partial charge in [0.15, 0.2) is 0 Å². The lowest BCUT2D eigenvalue weighted by Crippen LogP contribution is -2.52. The van der Waals surface area contributed by atoms with Crippen LogP contribution < -0.4 is 0 Å². The Labute approximate surface area is 110 Å². The van der Waals surface area contributed by atoms with Crippen LogP contribution in [-0.2, 0) is 0 Å². The van der Waals surface area contributed by atoms with Gasteiger partial charge in [-0.3, -0.25) is 0 Å². The van der Waals surface area contributed by atoms with E-state index in [2.05, 4.69) is 11.5 Å². The van der Waals surface area contributed by atoms with E-state index in [1.807, 2.05) is 44.4 Å². The maximum atomic E-state index is 11.1. The summed E-state index contributed by atoms with van der Waals surface area (Å²) in [6.07, 6.45) is 4.11. The van der Waals surface area contributed by atoms with Crippen LogP contribution in [0.4, 0.5) is 0 Å². The lowest BCUT2D eigenvalue weighted by atomic mass is 9.73. The molecule has 0 radical (unpaired) electrons. The van der Waals surface area contributed by atoms with Crippen LogP contribution >= 0.6 is 0 Å². The van der Waals surface area contributed by atoms with Gasteiger partial charge in [-0.1, -0.05) is 49.8 Å². The molecule has 0 bridgehead atoms. The summed E-state index contributed by atoms with van der Waals surface area (Å²) < 4.78 is 0. The predicted octanol–water partition coefficient (Wildman–Crippen LogP) is 2.94. The average molecular weight is 245 g/mol. The van der Waals surface area contributed by atoms with Crippen molar-refractivity contribution in [1.82, 2.24) is 4.90 Å². The molecule has 0 saturated heterocycles. The molecular formula is C16H23NO. The van der Waals surface area contributed by atoms with Crippen molar-refractivity contribution in [3.8, 4) is 0 Å². The molecule has 1 fully saturated rings. The van der Waals surface area contributed by atoms with Gasteiger partial charge in [0.25, 0.3) is 0 Å². The first-order valence-electron chi connectivity index (χ1n) is 6.69. The van der Waals surface area contributed by atoms with Crippen molar-refractivity contribution in [2.75, 3.05) is 14.1 Å². The molecule has 18 heavy (non-hydrogen) atoms. The van der Waals surface area contributed by atoms with Crippen LogP contribution in [0.5, 0.6) is 0 Å². The zero-order valence-corrected chi connectivity index (χ0v) is 11.4. The molecule has 1 saturated carbocycles. The molecule has 98 valence electrons. The van der Waals surface area contributed by atoms with Gasteiger partial charge in [0.05, 0.1) is 0 Å². The zero-order chi connectivity index (χ0) is 13.2. The van der Waals surface area contributed by atoms with Crippen LogP contribution in [0.25, 0.3) is 5.57 Å². The predicted molar refractivity (Wildman–Crippen MR) is 76.4 cm³/mol. The number of rotatable bonds is 3. The fourth-order valence-electron chi connectivity index (χ4n) is 3.06. The summed E-state index contributed by atoms with van der Waals surface area (Å²) in [5.74, 6) is 0. The van der Waals surface area contributed by atoms with Gasteiger partial charge < -0.3 is 10.0 Å². The molecule has 1 N–H and O–H groups in total. The molecule has 0 aromatic heterocycles. The van der Waals surface area contributed by atoms with Crippen molar-refractivity contribution >= 4 is 5.57 Å². The second kappa shape index (κ2) is 5.25. The topological polar surface area (TPSA) is 23.5 Å². The minimum absolute atomic E-state index is 0.166. The van der Waals surface area contributed by atoms with Gasteiger partial charge in [-0.15, -0.1) is 0 Å². The van der Waals surface area contributed by atoms with Crippen LogP contribution in [0.3, 0.4) is 0 Å². The quantitative estimate of drug-likeness (QED) is 0.885. The normalized spacial score (nSPS) is 28.3. The van der Waals surface area contributed by atoms with Crippen LogP contribution in [0.15, 0.2) is 36.9 Å². The molecule has 1 aromatic rings. The first kappa shape index (κ1) is 13.3. The van der Waals surface area contributed by atoms with E-state index in [1.54, 1.807) is 0 Å². The third kappa shape index (κ3) is 2.36. The van der Waals surface area contributed by atoms with Crippen molar-refractivity contribution in [2.24, 2.45) is 0 Å². The summed E-state index contributed by atoms with van der Waals surface area (Å²) in [6.45, 7) is 4.18. The van der Waals surface area contributed by atoms with Crippen LogP contribution in [0.2, 0.25) is 0 Å². The summed E-state index contributed by atoms with van der Waals surface area (Å²) in [6, 6.07) is 10.2. The first-order chi connectivity index (χ1) is 8.55. The van der Waals surface area contributed by atoms with E-state index in [0.717, 1.165) is 30.4 Å². The molecule has 0 heterocycles. The molecule has 2 nitrogen and oxygen atoms in total. The van der Waals surface area contributed by atoms with Gasteiger partial charge in [-0.05, 0) is 38.1 Å². The number of hydrogen-bond donors (Lipinski definition) is 1. The number of aliphatic hydroxyl groups is 1. The molecule has 1 aliphatic rings. The SMILES string of the molecule is C=C(c1ccccc1)[C@@]1(O)CCCC[C@H]1N(C)C. The smallest absolute Gasteiger partial charge is 0.105 e. The van der Waals surface area contributed by atoms with Crippen molar-refractivity contribution in [3.05, 3.63) is 42.5 Å².